The summed E-state index contributed by atoms with van der Waals surface area (Å²) < 4.78 is 23.4. The van der Waals surface area contributed by atoms with Gasteiger partial charge in [-0.05, 0) is 68.2 Å². The Morgan fingerprint density at radius 1 is 0.464 bits per heavy atom. The molecule has 0 aromatic heterocycles. The quantitative estimate of drug-likeness (QED) is 0.143. The van der Waals surface area contributed by atoms with Gasteiger partial charge in [0.2, 0.25) is 0 Å². The molecule has 0 spiro atoms. The van der Waals surface area contributed by atoms with Crippen LogP contribution >= 0.6 is 0 Å². The van der Waals surface area contributed by atoms with Crippen LogP contribution in [0.3, 0.4) is 0 Å². The number of rotatable bonds is 19. The largest absolute Gasteiger partial charge is 0.350 e. The fourth-order valence-corrected chi connectivity index (χ4v) is 5.59. The van der Waals surface area contributed by atoms with Gasteiger partial charge in [0.25, 0.3) is 0 Å². The van der Waals surface area contributed by atoms with Crippen LogP contribution in [0.5, 0.6) is 0 Å². The second-order valence-electron chi connectivity index (χ2n) is 8.38. The van der Waals surface area contributed by atoms with Gasteiger partial charge in [-0.1, -0.05) is 37.0 Å². The Balaban J connectivity index is 3.66. The van der Waals surface area contributed by atoms with Crippen molar-refractivity contribution in [1.82, 2.24) is 0 Å². The van der Waals surface area contributed by atoms with Gasteiger partial charge in [-0.15, -0.1) is 0 Å². The smallest absolute Gasteiger partial charge is 0.158 e. The van der Waals surface area contributed by atoms with E-state index in [9.17, 15) is 0 Å². The first-order chi connectivity index (χ1) is 13.2. The standard InChI is InChI=1S/C22H46O4Si2/c1-17(2)23-21(24-18(3)4)11-9-13-27-15-16-28-14-10-12-22(25-19(5)6)26-20(7)8/h17-22H,9-16H2,1-8H3. The summed E-state index contributed by atoms with van der Waals surface area (Å²) in [7, 11) is 2.14. The summed E-state index contributed by atoms with van der Waals surface area (Å²) in [6.45, 7) is 16.6. The molecular formula is C22H46O4Si2. The van der Waals surface area contributed by atoms with Crippen molar-refractivity contribution < 1.29 is 18.9 Å². The third-order valence-electron chi connectivity index (χ3n) is 3.76. The first-order valence-electron chi connectivity index (χ1n) is 11.2. The van der Waals surface area contributed by atoms with Gasteiger partial charge in [-0.25, -0.2) is 0 Å². The van der Waals surface area contributed by atoms with Gasteiger partial charge in [-0.2, -0.15) is 0 Å². The summed E-state index contributed by atoms with van der Waals surface area (Å²) in [6, 6.07) is 5.34. The van der Waals surface area contributed by atoms with E-state index in [1.54, 1.807) is 0 Å². The highest BCUT2D eigenvalue weighted by Gasteiger charge is 2.14. The Bertz CT molecular complexity index is 286. The number of hydrogen-bond donors (Lipinski definition) is 0. The van der Waals surface area contributed by atoms with Gasteiger partial charge in [0.15, 0.2) is 12.6 Å². The maximum Gasteiger partial charge on any atom is 0.158 e. The van der Waals surface area contributed by atoms with Crippen LogP contribution in [-0.4, -0.2) is 56.0 Å². The van der Waals surface area contributed by atoms with Gasteiger partial charge in [0.05, 0.1) is 24.4 Å². The summed E-state index contributed by atoms with van der Waals surface area (Å²) in [4.78, 5) is 0. The first kappa shape index (κ1) is 28.3. The lowest BCUT2D eigenvalue weighted by Gasteiger charge is -2.23. The molecule has 0 heterocycles. The summed E-state index contributed by atoms with van der Waals surface area (Å²) in [5.74, 6) is 0. The first-order valence-corrected chi connectivity index (χ1v) is 14.1. The molecule has 166 valence electrons. The lowest BCUT2D eigenvalue weighted by atomic mass is 10.3. The molecular weight excluding hydrogens is 384 g/mol. The van der Waals surface area contributed by atoms with E-state index in [2.05, 4.69) is 55.4 Å². The fraction of sp³-hybridized carbons (Fsp3) is 1.00. The Labute approximate surface area is 180 Å². The van der Waals surface area contributed by atoms with Crippen molar-refractivity contribution in [3.63, 3.8) is 0 Å². The minimum atomic E-state index is -0.0410. The second-order valence-corrected chi connectivity index (χ2v) is 11.4. The number of ether oxygens (including phenoxy) is 4. The van der Waals surface area contributed by atoms with Crippen LogP contribution in [0.2, 0.25) is 24.2 Å². The molecule has 0 saturated heterocycles. The van der Waals surface area contributed by atoms with E-state index < -0.39 is 0 Å². The lowest BCUT2D eigenvalue weighted by Crippen LogP contribution is -2.24. The van der Waals surface area contributed by atoms with Gasteiger partial charge in [-0.3, -0.25) is 0 Å². The van der Waals surface area contributed by atoms with E-state index in [1.165, 1.54) is 37.0 Å². The molecule has 0 aliphatic rings. The maximum atomic E-state index is 5.86. The molecule has 0 aromatic carbocycles. The minimum Gasteiger partial charge on any atom is -0.350 e. The Kier molecular flexibility index (Phi) is 18.3. The lowest BCUT2D eigenvalue weighted by molar-refractivity contribution is -0.184. The maximum absolute atomic E-state index is 5.86. The molecule has 0 aliphatic carbocycles. The third kappa shape index (κ3) is 19.6. The molecule has 4 nitrogen and oxygen atoms in total. The molecule has 0 unspecified atom stereocenters. The predicted molar refractivity (Wildman–Crippen MR) is 122 cm³/mol. The molecule has 0 aromatic rings. The van der Waals surface area contributed by atoms with Crippen molar-refractivity contribution in [3.8, 4) is 0 Å². The van der Waals surface area contributed by atoms with E-state index in [-0.39, 0.29) is 37.0 Å². The summed E-state index contributed by atoms with van der Waals surface area (Å²) >= 11 is 0. The van der Waals surface area contributed by atoms with E-state index in [1.807, 2.05) is 0 Å². The minimum absolute atomic E-state index is 0.0410. The molecule has 0 amide bonds. The predicted octanol–water partition coefficient (Wildman–Crippen LogP) is 5.98. The molecule has 0 fully saturated rings. The normalized spacial score (nSPS) is 12.6. The van der Waals surface area contributed by atoms with Crippen molar-refractivity contribution >= 4 is 19.0 Å². The Hall–Kier alpha value is 0.274. The molecule has 0 atom stereocenters. The van der Waals surface area contributed by atoms with Crippen LogP contribution in [-0.2, 0) is 18.9 Å². The highest BCUT2D eigenvalue weighted by molar-refractivity contribution is 6.42. The second kappa shape index (κ2) is 18.1. The molecule has 4 radical (unpaired) electrons. The van der Waals surface area contributed by atoms with Crippen molar-refractivity contribution in [1.29, 1.82) is 0 Å². The summed E-state index contributed by atoms with van der Waals surface area (Å²) in [5, 5.41) is 0. The molecule has 0 saturated carbocycles. The van der Waals surface area contributed by atoms with Crippen molar-refractivity contribution in [2.24, 2.45) is 0 Å². The average molecular weight is 431 g/mol. The fourth-order valence-electron chi connectivity index (χ4n) is 2.76. The van der Waals surface area contributed by atoms with Gasteiger partial charge >= 0.3 is 0 Å². The molecule has 0 N–H and O–H groups in total. The molecule has 6 heteroatoms. The van der Waals surface area contributed by atoms with E-state index in [0.717, 1.165) is 31.9 Å². The van der Waals surface area contributed by atoms with Crippen LogP contribution in [0, 0.1) is 0 Å². The average Bonchev–Trinajstić information content (AvgIpc) is 2.54. The van der Waals surface area contributed by atoms with Gasteiger partial charge in [0.1, 0.15) is 0 Å². The van der Waals surface area contributed by atoms with Crippen LogP contribution in [0.1, 0.15) is 81.1 Å². The van der Waals surface area contributed by atoms with Crippen molar-refractivity contribution in [2.75, 3.05) is 0 Å². The Morgan fingerprint density at radius 2 is 0.750 bits per heavy atom. The van der Waals surface area contributed by atoms with Crippen LogP contribution < -0.4 is 0 Å². The zero-order valence-corrected chi connectivity index (χ0v) is 21.8. The van der Waals surface area contributed by atoms with Crippen LogP contribution in [0.25, 0.3) is 0 Å². The third-order valence-corrected chi connectivity index (χ3v) is 6.88. The SMILES string of the molecule is CC(C)OC(CCC[Si]CC[Si]CCCC(OC(C)C)OC(C)C)OC(C)C. The van der Waals surface area contributed by atoms with E-state index >= 15 is 0 Å². The van der Waals surface area contributed by atoms with Gasteiger partial charge in [0, 0.05) is 19.0 Å². The monoisotopic (exact) mass is 430 g/mol. The van der Waals surface area contributed by atoms with E-state index in [4.69, 9.17) is 18.9 Å². The molecule has 28 heavy (non-hydrogen) atoms. The zero-order chi connectivity index (χ0) is 21.4. The molecule has 0 aliphatic heterocycles. The highest BCUT2D eigenvalue weighted by Crippen LogP contribution is 2.14. The summed E-state index contributed by atoms with van der Waals surface area (Å²) in [6.07, 6.45) is 5.25. The highest BCUT2D eigenvalue weighted by atomic mass is 28.2. The Morgan fingerprint density at radius 3 is 1.00 bits per heavy atom. The van der Waals surface area contributed by atoms with Gasteiger partial charge < -0.3 is 18.9 Å². The summed E-state index contributed by atoms with van der Waals surface area (Å²) in [5.41, 5.74) is 0. The zero-order valence-electron chi connectivity index (χ0n) is 19.8. The topological polar surface area (TPSA) is 36.9 Å². The van der Waals surface area contributed by atoms with Crippen LogP contribution in [0.15, 0.2) is 0 Å². The van der Waals surface area contributed by atoms with E-state index in [0.29, 0.717) is 0 Å². The number of hydrogen-bond acceptors (Lipinski definition) is 4. The van der Waals surface area contributed by atoms with Crippen molar-refractivity contribution in [2.45, 2.75) is 142 Å². The molecule has 0 rings (SSSR count). The van der Waals surface area contributed by atoms with Crippen molar-refractivity contribution in [3.05, 3.63) is 0 Å². The molecule has 0 bridgehead atoms. The van der Waals surface area contributed by atoms with Crippen LogP contribution in [0.4, 0.5) is 0 Å².